The molecule has 1 aromatic carbocycles. The second kappa shape index (κ2) is 7.42. The standard InChI is InChI=1S/C18H21N3O6/c22-18(27-15-3-1-2-12(10-15)11-26-21(23)24)20(17-19-8-9-25-17)16(13-4-5-13)14-6-7-14/h1-3,10,13-14,16H,4-9,11H2. The van der Waals surface area contributed by atoms with Crippen LogP contribution in [0.5, 0.6) is 5.75 Å². The Morgan fingerprint density at radius 2 is 2.07 bits per heavy atom. The van der Waals surface area contributed by atoms with Crippen LogP contribution in [0.4, 0.5) is 4.79 Å². The fourth-order valence-electron chi connectivity index (χ4n) is 3.45. The normalized spacial score (nSPS) is 18.6. The van der Waals surface area contributed by atoms with E-state index in [1.54, 1.807) is 29.2 Å². The number of nitrogens with zero attached hydrogens (tertiary/aromatic N) is 3. The fourth-order valence-corrected chi connectivity index (χ4v) is 3.45. The van der Waals surface area contributed by atoms with Gasteiger partial charge in [0.1, 0.15) is 19.0 Å². The van der Waals surface area contributed by atoms with Gasteiger partial charge >= 0.3 is 6.09 Å². The minimum Gasteiger partial charge on any atom is -0.463 e. The van der Waals surface area contributed by atoms with E-state index in [0.717, 1.165) is 25.7 Å². The second-order valence-corrected chi connectivity index (χ2v) is 7.06. The molecule has 3 aliphatic rings. The first-order chi connectivity index (χ1) is 13.1. The Labute approximate surface area is 156 Å². The minimum absolute atomic E-state index is 0.0651. The number of amidine groups is 1. The summed E-state index contributed by atoms with van der Waals surface area (Å²) in [5.41, 5.74) is 0.541. The number of rotatable bonds is 7. The zero-order chi connectivity index (χ0) is 18.8. The van der Waals surface area contributed by atoms with Crippen LogP contribution in [0.3, 0.4) is 0 Å². The molecule has 1 aromatic rings. The Bertz CT molecular complexity index is 747. The monoisotopic (exact) mass is 375 g/mol. The van der Waals surface area contributed by atoms with Crippen LogP contribution < -0.4 is 4.74 Å². The van der Waals surface area contributed by atoms with Crippen molar-refractivity contribution >= 4 is 12.1 Å². The molecule has 2 fully saturated rings. The van der Waals surface area contributed by atoms with Crippen molar-refractivity contribution in [3.05, 3.63) is 39.9 Å². The lowest BCUT2D eigenvalue weighted by molar-refractivity contribution is -0.763. The van der Waals surface area contributed by atoms with E-state index in [0.29, 0.717) is 42.3 Å². The summed E-state index contributed by atoms with van der Waals surface area (Å²) in [4.78, 5) is 33.6. The summed E-state index contributed by atoms with van der Waals surface area (Å²) in [6.45, 7) is 0.800. The van der Waals surface area contributed by atoms with Gasteiger partial charge in [0.15, 0.2) is 0 Å². The molecule has 0 radical (unpaired) electrons. The number of benzene rings is 1. The Morgan fingerprint density at radius 1 is 1.33 bits per heavy atom. The van der Waals surface area contributed by atoms with Gasteiger partial charge in [-0.15, -0.1) is 10.1 Å². The molecule has 2 aliphatic carbocycles. The van der Waals surface area contributed by atoms with Crippen molar-refractivity contribution in [2.45, 2.75) is 38.3 Å². The van der Waals surface area contributed by atoms with Crippen LogP contribution in [-0.4, -0.2) is 41.3 Å². The van der Waals surface area contributed by atoms with Crippen LogP contribution >= 0.6 is 0 Å². The highest BCUT2D eigenvalue weighted by molar-refractivity contribution is 5.92. The van der Waals surface area contributed by atoms with Crippen molar-refractivity contribution < 1.29 is 24.2 Å². The Balaban J connectivity index is 1.50. The molecular weight excluding hydrogens is 354 g/mol. The van der Waals surface area contributed by atoms with Gasteiger partial charge in [0.05, 0.1) is 12.6 Å². The summed E-state index contributed by atoms with van der Waals surface area (Å²) in [5.74, 6) is 1.24. The third-order valence-corrected chi connectivity index (χ3v) is 4.92. The molecule has 9 heteroatoms. The van der Waals surface area contributed by atoms with Crippen LogP contribution in [0.25, 0.3) is 0 Å². The van der Waals surface area contributed by atoms with Crippen LogP contribution in [-0.2, 0) is 16.2 Å². The van der Waals surface area contributed by atoms with Gasteiger partial charge in [-0.3, -0.25) is 0 Å². The molecule has 0 bridgehead atoms. The lowest BCUT2D eigenvalue weighted by Gasteiger charge is -2.30. The van der Waals surface area contributed by atoms with E-state index in [9.17, 15) is 14.9 Å². The molecule has 0 saturated heterocycles. The lowest BCUT2D eigenvalue weighted by Crippen LogP contribution is -2.48. The summed E-state index contributed by atoms with van der Waals surface area (Å²) < 4.78 is 11.2. The van der Waals surface area contributed by atoms with Crippen molar-refractivity contribution in [2.24, 2.45) is 16.8 Å². The van der Waals surface area contributed by atoms with Crippen LogP contribution in [0, 0.1) is 22.0 Å². The van der Waals surface area contributed by atoms with Crippen molar-refractivity contribution in [2.75, 3.05) is 13.2 Å². The van der Waals surface area contributed by atoms with E-state index in [1.807, 2.05) is 0 Å². The zero-order valence-electron chi connectivity index (χ0n) is 14.8. The van der Waals surface area contributed by atoms with Crippen LogP contribution in [0.15, 0.2) is 29.3 Å². The minimum atomic E-state index is -0.855. The van der Waals surface area contributed by atoms with E-state index in [2.05, 4.69) is 9.83 Å². The van der Waals surface area contributed by atoms with Gasteiger partial charge in [-0.05, 0) is 55.2 Å². The third kappa shape index (κ3) is 4.29. The molecule has 1 amide bonds. The van der Waals surface area contributed by atoms with Gasteiger partial charge in [-0.25, -0.2) is 14.7 Å². The molecule has 1 aliphatic heterocycles. The summed E-state index contributed by atoms with van der Waals surface area (Å²) in [5, 5.41) is 9.49. The van der Waals surface area contributed by atoms with E-state index in [4.69, 9.17) is 9.47 Å². The van der Waals surface area contributed by atoms with E-state index >= 15 is 0 Å². The van der Waals surface area contributed by atoms with Gasteiger partial charge in [0, 0.05) is 0 Å². The molecule has 0 aromatic heterocycles. The summed E-state index contributed by atoms with van der Waals surface area (Å²) in [6, 6.07) is 6.92. The number of hydrogen-bond donors (Lipinski definition) is 0. The number of hydrogen-bond acceptors (Lipinski definition) is 7. The molecule has 9 nitrogen and oxygen atoms in total. The number of amides is 1. The van der Waals surface area contributed by atoms with Crippen molar-refractivity contribution in [3.63, 3.8) is 0 Å². The fraction of sp³-hybridized carbons (Fsp3) is 0.556. The van der Waals surface area contributed by atoms with Gasteiger partial charge in [-0.1, -0.05) is 12.1 Å². The van der Waals surface area contributed by atoms with Crippen LogP contribution in [0.1, 0.15) is 31.2 Å². The number of ether oxygens (including phenoxy) is 2. The average Bonchev–Trinajstić information content (AvgIpc) is 3.58. The zero-order valence-corrected chi connectivity index (χ0v) is 14.8. The summed E-state index contributed by atoms with van der Waals surface area (Å²) in [6.07, 6.45) is 3.89. The van der Waals surface area contributed by atoms with Crippen LogP contribution in [0.2, 0.25) is 0 Å². The molecule has 1 heterocycles. The Kier molecular flexibility index (Phi) is 4.83. The molecule has 0 N–H and O–H groups in total. The first-order valence-corrected chi connectivity index (χ1v) is 9.16. The van der Waals surface area contributed by atoms with Crippen molar-refractivity contribution in [1.29, 1.82) is 0 Å². The van der Waals surface area contributed by atoms with E-state index < -0.39 is 11.2 Å². The third-order valence-electron chi connectivity index (χ3n) is 4.92. The van der Waals surface area contributed by atoms with Gasteiger partial charge < -0.3 is 14.3 Å². The molecular formula is C18H21N3O6. The molecule has 27 heavy (non-hydrogen) atoms. The first kappa shape index (κ1) is 17.6. The highest BCUT2D eigenvalue weighted by atomic mass is 16.9. The number of carbonyl (C=O) groups excluding carboxylic acids is 1. The van der Waals surface area contributed by atoms with Gasteiger partial charge in [-0.2, -0.15) is 0 Å². The molecule has 4 rings (SSSR count). The predicted molar refractivity (Wildman–Crippen MR) is 93.6 cm³/mol. The quantitative estimate of drug-likeness (QED) is 0.536. The topological polar surface area (TPSA) is 104 Å². The maximum Gasteiger partial charge on any atom is 0.423 e. The first-order valence-electron chi connectivity index (χ1n) is 9.16. The van der Waals surface area contributed by atoms with Gasteiger partial charge in [0.25, 0.3) is 11.1 Å². The Morgan fingerprint density at radius 3 is 2.67 bits per heavy atom. The SMILES string of the molecule is O=C(Oc1cccc(CO[N+](=O)[O-])c1)N(C1=NCCO1)C(C1CC1)C1CC1. The van der Waals surface area contributed by atoms with E-state index in [1.165, 1.54) is 0 Å². The maximum atomic E-state index is 13.0. The smallest absolute Gasteiger partial charge is 0.423 e. The van der Waals surface area contributed by atoms with Crippen molar-refractivity contribution in [1.82, 2.24) is 4.90 Å². The van der Waals surface area contributed by atoms with Crippen molar-refractivity contribution in [3.8, 4) is 5.75 Å². The summed E-state index contributed by atoms with van der Waals surface area (Å²) in [7, 11) is 0. The average molecular weight is 375 g/mol. The van der Waals surface area contributed by atoms with E-state index in [-0.39, 0.29) is 12.6 Å². The predicted octanol–water partition coefficient (Wildman–Crippen LogP) is 2.77. The largest absolute Gasteiger partial charge is 0.463 e. The molecule has 0 atom stereocenters. The lowest BCUT2D eigenvalue weighted by atomic mass is 10.1. The maximum absolute atomic E-state index is 13.0. The molecule has 2 saturated carbocycles. The molecule has 144 valence electrons. The highest BCUT2D eigenvalue weighted by Gasteiger charge is 2.49. The highest BCUT2D eigenvalue weighted by Crippen LogP contribution is 2.47. The second-order valence-electron chi connectivity index (χ2n) is 7.06. The van der Waals surface area contributed by atoms with Gasteiger partial charge in [0.2, 0.25) is 0 Å². The Hall–Kier alpha value is -2.84. The molecule has 0 spiro atoms. The number of carbonyl (C=O) groups is 1. The number of aliphatic imine (C=N–C) groups is 1. The summed E-state index contributed by atoms with van der Waals surface area (Å²) >= 11 is 0. The molecule has 0 unspecified atom stereocenters.